The average Bonchev–Trinajstić information content (AvgIpc) is 2.36. The summed E-state index contributed by atoms with van der Waals surface area (Å²) < 4.78 is 0. The number of hydrogen-bond acceptors (Lipinski definition) is 3. The number of anilines is 1. The summed E-state index contributed by atoms with van der Waals surface area (Å²) in [6, 6.07) is 6.92. The molecule has 1 saturated heterocycles. The zero-order valence-electron chi connectivity index (χ0n) is 10.5. The van der Waals surface area contributed by atoms with Gasteiger partial charge in [0.15, 0.2) is 0 Å². The maximum atomic E-state index is 5.91. The standard InChI is InChI=1S/C14H22N2S/c1-11-13(15)6-4-7-14(11)17-10-8-12-5-2-3-9-16-12/h4,6-7,12,16H,2-3,5,8-10,15H2,1H3. The van der Waals surface area contributed by atoms with Crippen molar-refractivity contribution in [3.63, 3.8) is 0 Å². The SMILES string of the molecule is Cc1c(N)cccc1SCCC1CCCCN1. The lowest BCUT2D eigenvalue weighted by molar-refractivity contribution is 0.395. The second kappa shape index (κ2) is 6.31. The number of benzene rings is 1. The van der Waals surface area contributed by atoms with E-state index in [1.165, 1.54) is 48.4 Å². The van der Waals surface area contributed by atoms with Crippen molar-refractivity contribution in [2.45, 2.75) is 43.5 Å². The van der Waals surface area contributed by atoms with Gasteiger partial charge in [0.2, 0.25) is 0 Å². The number of nitrogens with one attached hydrogen (secondary N) is 1. The van der Waals surface area contributed by atoms with Crippen LogP contribution in [0.25, 0.3) is 0 Å². The van der Waals surface area contributed by atoms with Crippen LogP contribution in [0.1, 0.15) is 31.2 Å². The molecule has 94 valence electrons. The van der Waals surface area contributed by atoms with Gasteiger partial charge in [-0.1, -0.05) is 12.5 Å². The van der Waals surface area contributed by atoms with Gasteiger partial charge in [-0.2, -0.15) is 0 Å². The predicted molar refractivity (Wildman–Crippen MR) is 76.6 cm³/mol. The molecule has 0 aromatic heterocycles. The van der Waals surface area contributed by atoms with E-state index in [2.05, 4.69) is 18.3 Å². The van der Waals surface area contributed by atoms with E-state index in [1.807, 2.05) is 23.9 Å². The van der Waals surface area contributed by atoms with Crippen LogP contribution in [0.4, 0.5) is 5.69 Å². The van der Waals surface area contributed by atoms with Gasteiger partial charge in [0.05, 0.1) is 0 Å². The molecule has 1 aromatic rings. The molecule has 1 unspecified atom stereocenters. The molecule has 0 radical (unpaired) electrons. The molecular formula is C14H22N2S. The zero-order chi connectivity index (χ0) is 12.1. The number of rotatable bonds is 4. The van der Waals surface area contributed by atoms with Crippen molar-refractivity contribution in [3.05, 3.63) is 23.8 Å². The van der Waals surface area contributed by atoms with Crippen LogP contribution in [0.2, 0.25) is 0 Å². The number of thioether (sulfide) groups is 1. The van der Waals surface area contributed by atoms with Gasteiger partial charge >= 0.3 is 0 Å². The summed E-state index contributed by atoms with van der Waals surface area (Å²) in [6.45, 7) is 3.31. The van der Waals surface area contributed by atoms with Crippen molar-refractivity contribution in [2.24, 2.45) is 0 Å². The van der Waals surface area contributed by atoms with E-state index < -0.39 is 0 Å². The Labute approximate surface area is 108 Å². The molecule has 0 aliphatic carbocycles. The summed E-state index contributed by atoms with van der Waals surface area (Å²) in [5, 5.41) is 3.59. The summed E-state index contributed by atoms with van der Waals surface area (Å²) in [4.78, 5) is 1.33. The monoisotopic (exact) mass is 250 g/mol. The Morgan fingerprint density at radius 2 is 2.29 bits per heavy atom. The topological polar surface area (TPSA) is 38.0 Å². The Bertz CT molecular complexity index is 359. The molecule has 0 spiro atoms. The van der Waals surface area contributed by atoms with Crippen LogP contribution in [0.15, 0.2) is 23.1 Å². The normalized spacial score (nSPS) is 20.4. The Morgan fingerprint density at radius 1 is 1.41 bits per heavy atom. The lowest BCUT2D eigenvalue weighted by Gasteiger charge is -2.23. The van der Waals surface area contributed by atoms with Gasteiger partial charge in [-0.05, 0) is 56.2 Å². The van der Waals surface area contributed by atoms with Crippen LogP contribution in [0.3, 0.4) is 0 Å². The molecule has 1 aliphatic heterocycles. The van der Waals surface area contributed by atoms with Crippen molar-refractivity contribution in [3.8, 4) is 0 Å². The van der Waals surface area contributed by atoms with E-state index in [4.69, 9.17) is 5.73 Å². The lowest BCUT2D eigenvalue weighted by atomic mass is 10.0. The van der Waals surface area contributed by atoms with Crippen LogP contribution < -0.4 is 11.1 Å². The first-order chi connectivity index (χ1) is 8.27. The van der Waals surface area contributed by atoms with Crippen molar-refractivity contribution in [1.29, 1.82) is 0 Å². The Hall–Kier alpha value is -0.670. The Kier molecular flexibility index (Phi) is 4.75. The zero-order valence-corrected chi connectivity index (χ0v) is 11.4. The molecule has 3 heteroatoms. The largest absolute Gasteiger partial charge is 0.398 e. The first-order valence-corrected chi connectivity index (χ1v) is 7.47. The minimum atomic E-state index is 0.734. The van der Waals surface area contributed by atoms with Gasteiger partial charge < -0.3 is 11.1 Å². The maximum Gasteiger partial charge on any atom is 0.0354 e. The number of piperidine rings is 1. The molecule has 2 rings (SSSR count). The van der Waals surface area contributed by atoms with E-state index in [9.17, 15) is 0 Å². The summed E-state index contributed by atoms with van der Waals surface area (Å²) >= 11 is 1.93. The molecule has 1 aromatic carbocycles. The summed E-state index contributed by atoms with van der Waals surface area (Å²) in [5.74, 6) is 1.18. The first kappa shape index (κ1) is 12.8. The fourth-order valence-corrected chi connectivity index (χ4v) is 3.40. The first-order valence-electron chi connectivity index (χ1n) is 6.48. The number of nitrogen functional groups attached to an aromatic ring is 1. The third kappa shape index (κ3) is 3.65. The molecule has 0 amide bonds. The third-order valence-electron chi connectivity index (χ3n) is 3.46. The van der Waals surface area contributed by atoms with Crippen molar-refractivity contribution < 1.29 is 0 Å². The highest BCUT2D eigenvalue weighted by atomic mass is 32.2. The number of hydrogen-bond donors (Lipinski definition) is 2. The smallest absolute Gasteiger partial charge is 0.0354 e. The van der Waals surface area contributed by atoms with Crippen LogP contribution in [0, 0.1) is 6.92 Å². The van der Waals surface area contributed by atoms with Crippen LogP contribution in [-0.4, -0.2) is 18.3 Å². The minimum absolute atomic E-state index is 0.734. The highest BCUT2D eigenvalue weighted by molar-refractivity contribution is 7.99. The molecule has 0 saturated carbocycles. The summed E-state index contributed by atoms with van der Waals surface area (Å²) in [6.07, 6.45) is 5.34. The van der Waals surface area contributed by atoms with E-state index in [0.29, 0.717) is 0 Å². The van der Waals surface area contributed by atoms with E-state index in [1.54, 1.807) is 0 Å². The molecule has 1 heterocycles. The fourth-order valence-electron chi connectivity index (χ4n) is 2.27. The quantitative estimate of drug-likeness (QED) is 0.636. The van der Waals surface area contributed by atoms with E-state index in [0.717, 1.165) is 11.7 Å². The second-order valence-corrected chi connectivity index (χ2v) is 5.89. The molecule has 17 heavy (non-hydrogen) atoms. The summed E-state index contributed by atoms with van der Waals surface area (Å²) in [7, 11) is 0. The maximum absolute atomic E-state index is 5.91. The van der Waals surface area contributed by atoms with Crippen LogP contribution in [0.5, 0.6) is 0 Å². The molecular weight excluding hydrogens is 228 g/mol. The predicted octanol–water partition coefficient (Wildman–Crippen LogP) is 3.20. The molecule has 1 fully saturated rings. The van der Waals surface area contributed by atoms with Gasteiger partial charge in [0, 0.05) is 16.6 Å². The molecule has 3 N–H and O–H groups in total. The van der Waals surface area contributed by atoms with Crippen LogP contribution >= 0.6 is 11.8 Å². The van der Waals surface area contributed by atoms with Crippen LogP contribution in [-0.2, 0) is 0 Å². The van der Waals surface area contributed by atoms with Gasteiger partial charge in [-0.25, -0.2) is 0 Å². The highest BCUT2D eigenvalue weighted by Gasteiger charge is 2.12. The molecule has 0 bridgehead atoms. The van der Waals surface area contributed by atoms with Crippen molar-refractivity contribution >= 4 is 17.4 Å². The average molecular weight is 250 g/mol. The minimum Gasteiger partial charge on any atom is -0.398 e. The molecule has 1 aliphatic rings. The molecule has 1 atom stereocenters. The van der Waals surface area contributed by atoms with E-state index in [-0.39, 0.29) is 0 Å². The number of nitrogens with two attached hydrogens (primary N) is 1. The van der Waals surface area contributed by atoms with Gasteiger partial charge in [-0.3, -0.25) is 0 Å². The van der Waals surface area contributed by atoms with Crippen molar-refractivity contribution in [1.82, 2.24) is 5.32 Å². The van der Waals surface area contributed by atoms with E-state index >= 15 is 0 Å². The Morgan fingerprint density at radius 3 is 3.06 bits per heavy atom. The fraction of sp³-hybridized carbons (Fsp3) is 0.571. The highest BCUT2D eigenvalue weighted by Crippen LogP contribution is 2.27. The van der Waals surface area contributed by atoms with Gasteiger partial charge in [-0.15, -0.1) is 11.8 Å². The second-order valence-electron chi connectivity index (χ2n) is 4.75. The Balaban J connectivity index is 1.79. The molecule has 2 nitrogen and oxygen atoms in total. The summed E-state index contributed by atoms with van der Waals surface area (Å²) in [5.41, 5.74) is 8.05. The van der Waals surface area contributed by atoms with Gasteiger partial charge in [0.25, 0.3) is 0 Å². The third-order valence-corrected chi connectivity index (χ3v) is 4.66. The lowest BCUT2D eigenvalue weighted by Crippen LogP contribution is -2.34. The van der Waals surface area contributed by atoms with Crippen molar-refractivity contribution in [2.75, 3.05) is 18.0 Å². The van der Waals surface area contributed by atoms with Gasteiger partial charge in [0.1, 0.15) is 0 Å².